The Morgan fingerprint density at radius 2 is 2.17 bits per heavy atom. The Labute approximate surface area is 110 Å². The van der Waals surface area contributed by atoms with Gasteiger partial charge in [0.25, 0.3) is 0 Å². The highest BCUT2D eigenvalue weighted by Gasteiger charge is 2.02. The molecule has 0 saturated carbocycles. The van der Waals surface area contributed by atoms with E-state index in [1.807, 2.05) is 18.2 Å². The minimum absolute atomic E-state index is 0.121. The van der Waals surface area contributed by atoms with E-state index in [4.69, 9.17) is 16.3 Å². The van der Waals surface area contributed by atoms with E-state index in [0.29, 0.717) is 23.3 Å². The number of hydrogen-bond acceptors (Lipinski definition) is 4. The molecule has 0 aliphatic carbocycles. The first-order valence-electron chi connectivity index (χ1n) is 5.41. The first-order valence-corrected chi connectivity index (χ1v) is 5.79. The van der Waals surface area contributed by atoms with Crippen molar-refractivity contribution in [3.05, 3.63) is 47.1 Å². The molecule has 0 spiro atoms. The number of nitrogens with zero attached hydrogens (tertiary/aromatic N) is 1. The predicted molar refractivity (Wildman–Crippen MR) is 71.2 cm³/mol. The number of rotatable bonds is 4. The second-order valence-corrected chi connectivity index (χ2v) is 4.09. The number of hydrogen-bond donors (Lipinski definition) is 2. The molecule has 0 unspecified atom stereocenters. The average molecular weight is 265 g/mol. The third-order valence-electron chi connectivity index (χ3n) is 2.43. The molecule has 2 aromatic rings. The molecule has 1 heterocycles. The van der Waals surface area contributed by atoms with Crippen molar-refractivity contribution in [2.45, 2.75) is 6.54 Å². The Kier molecular flexibility index (Phi) is 3.89. The highest BCUT2D eigenvalue weighted by molar-refractivity contribution is 6.29. The highest BCUT2D eigenvalue weighted by Crippen LogP contribution is 2.26. The maximum absolute atomic E-state index is 9.64. The molecule has 18 heavy (non-hydrogen) atoms. The van der Waals surface area contributed by atoms with E-state index < -0.39 is 0 Å². The summed E-state index contributed by atoms with van der Waals surface area (Å²) < 4.78 is 4.98. The number of anilines is 1. The fourth-order valence-corrected chi connectivity index (χ4v) is 1.71. The molecule has 0 aliphatic heterocycles. The van der Waals surface area contributed by atoms with Gasteiger partial charge in [0, 0.05) is 6.54 Å². The SMILES string of the molecule is COc1ccc(CNc2cccc(Cl)n2)cc1O. The lowest BCUT2D eigenvalue weighted by molar-refractivity contribution is 0.373. The summed E-state index contributed by atoms with van der Waals surface area (Å²) in [4.78, 5) is 4.11. The molecule has 0 fully saturated rings. The summed E-state index contributed by atoms with van der Waals surface area (Å²) in [6.45, 7) is 0.547. The number of aromatic hydroxyl groups is 1. The lowest BCUT2D eigenvalue weighted by Crippen LogP contribution is -2.01. The number of benzene rings is 1. The van der Waals surface area contributed by atoms with E-state index in [2.05, 4.69) is 10.3 Å². The quantitative estimate of drug-likeness (QED) is 0.834. The number of halogens is 1. The molecule has 2 N–H and O–H groups in total. The van der Waals surface area contributed by atoms with Crippen molar-refractivity contribution < 1.29 is 9.84 Å². The van der Waals surface area contributed by atoms with Crippen molar-refractivity contribution in [3.63, 3.8) is 0 Å². The lowest BCUT2D eigenvalue weighted by Gasteiger charge is -2.08. The number of aromatic nitrogens is 1. The first kappa shape index (κ1) is 12.5. The largest absolute Gasteiger partial charge is 0.504 e. The van der Waals surface area contributed by atoms with Crippen LogP contribution < -0.4 is 10.1 Å². The third-order valence-corrected chi connectivity index (χ3v) is 2.64. The predicted octanol–water partition coefficient (Wildman–Crippen LogP) is 3.06. The number of ether oxygens (including phenoxy) is 1. The van der Waals surface area contributed by atoms with E-state index in [1.165, 1.54) is 7.11 Å². The maximum atomic E-state index is 9.64. The molecule has 0 atom stereocenters. The number of methoxy groups -OCH3 is 1. The molecule has 4 nitrogen and oxygen atoms in total. The van der Waals surface area contributed by atoms with Crippen LogP contribution in [0.15, 0.2) is 36.4 Å². The van der Waals surface area contributed by atoms with Crippen LogP contribution in [0.4, 0.5) is 5.82 Å². The van der Waals surface area contributed by atoms with E-state index >= 15 is 0 Å². The van der Waals surface area contributed by atoms with Crippen LogP contribution in [0.25, 0.3) is 0 Å². The molecule has 1 aromatic carbocycles. The molecule has 5 heteroatoms. The topological polar surface area (TPSA) is 54.4 Å². The summed E-state index contributed by atoms with van der Waals surface area (Å²) in [5.74, 6) is 1.27. The third kappa shape index (κ3) is 3.05. The van der Waals surface area contributed by atoms with Crippen molar-refractivity contribution in [3.8, 4) is 11.5 Å². The molecule has 0 radical (unpaired) electrons. The summed E-state index contributed by atoms with van der Waals surface area (Å²) in [5, 5.41) is 13.2. The number of pyridine rings is 1. The fraction of sp³-hybridized carbons (Fsp3) is 0.154. The molecule has 94 valence electrons. The Hall–Kier alpha value is -1.94. The zero-order valence-corrected chi connectivity index (χ0v) is 10.6. The van der Waals surface area contributed by atoms with Crippen LogP contribution in [-0.4, -0.2) is 17.2 Å². The molecule has 1 aromatic heterocycles. The van der Waals surface area contributed by atoms with Crippen molar-refractivity contribution >= 4 is 17.4 Å². The van der Waals surface area contributed by atoms with Crippen LogP contribution in [0, 0.1) is 0 Å². The van der Waals surface area contributed by atoms with Crippen LogP contribution in [0.5, 0.6) is 11.5 Å². The molecule has 0 bridgehead atoms. The Morgan fingerprint density at radius 3 is 2.83 bits per heavy atom. The standard InChI is InChI=1S/C13H13ClN2O2/c1-18-11-6-5-9(7-10(11)17)8-15-13-4-2-3-12(14)16-13/h2-7,17H,8H2,1H3,(H,15,16). The molecule has 0 amide bonds. The monoisotopic (exact) mass is 264 g/mol. The van der Waals surface area contributed by atoms with Gasteiger partial charge >= 0.3 is 0 Å². The van der Waals surface area contributed by atoms with Gasteiger partial charge in [-0.05, 0) is 29.8 Å². The van der Waals surface area contributed by atoms with E-state index in [-0.39, 0.29) is 5.75 Å². The van der Waals surface area contributed by atoms with Gasteiger partial charge in [-0.2, -0.15) is 0 Å². The number of phenols is 1. The van der Waals surface area contributed by atoms with E-state index in [9.17, 15) is 5.11 Å². The number of nitrogens with one attached hydrogen (secondary N) is 1. The van der Waals surface area contributed by atoms with Gasteiger partial charge in [0.05, 0.1) is 7.11 Å². The first-order chi connectivity index (χ1) is 8.69. The summed E-state index contributed by atoms with van der Waals surface area (Å²) in [6, 6.07) is 10.6. The zero-order chi connectivity index (χ0) is 13.0. The van der Waals surface area contributed by atoms with Gasteiger partial charge in [0.1, 0.15) is 11.0 Å². The number of phenolic OH excluding ortho intramolecular Hbond substituents is 1. The van der Waals surface area contributed by atoms with Crippen molar-refractivity contribution in [2.75, 3.05) is 12.4 Å². The van der Waals surface area contributed by atoms with Gasteiger partial charge in [-0.1, -0.05) is 23.7 Å². The summed E-state index contributed by atoms with van der Waals surface area (Å²) in [6.07, 6.45) is 0. The molecular formula is C13H13ClN2O2. The van der Waals surface area contributed by atoms with Crippen molar-refractivity contribution in [1.29, 1.82) is 0 Å². The van der Waals surface area contributed by atoms with Crippen molar-refractivity contribution in [1.82, 2.24) is 4.98 Å². The maximum Gasteiger partial charge on any atom is 0.160 e. The van der Waals surface area contributed by atoms with Gasteiger partial charge in [-0.25, -0.2) is 4.98 Å². The normalized spacial score (nSPS) is 10.1. The average Bonchev–Trinajstić information content (AvgIpc) is 2.37. The van der Waals surface area contributed by atoms with Gasteiger partial charge in [0.2, 0.25) is 0 Å². The summed E-state index contributed by atoms with van der Waals surface area (Å²) in [7, 11) is 1.52. The van der Waals surface area contributed by atoms with E-state index in [0.717, 1.165) is 5.56 Å². The fourth-order valence-electron chi connectivity index (χ4n) is 1.54. The Balaban J connectivity index is 2.04. The van der Waals surface area contributed by atoms with Crippen LogP contribution in [0.1, 0.15) is 5.56 Å². The van der Waals surface area contributed by atoms with Gasteiger partial charge in [0.15, 0.2) is 11.5 Å². The van der Waals surface area contributed by atoms with Crippen molar-refractivity contribution in [2.24, 2.45) is 0 Å². The highest BCUT2D eigenvalue weighted by atomic mass is 35.5. The summed E-state index contributed by atoms with van der Waals surface area (Å²) in [5.41, 5.74) is 0.926. The van der Waals surface area contributed by atoms with Crippen LogP contribution in [0.3, 0.4) is 0 Å². The zero-order valence-electron chi connectivity index (χ0n) is 9.85. The Bertz CT molecular complexity index is 546. The lowest BCUT2D eigenvalue weighted by atomic mass is 10.2. The van der Waals surface area contributed by atoms with Gasteiger partial charge in [-0.3, -0.25) is 0 Å². The molecular weight excluding hydrogens is 252 g/mol. The minimum Gasteiger partial charge on any atom is -0.504 e. The van der Waals surface area contributed by atoms with Crippen LogP contribution in [-0.2, 0) is 6.54 Å². The Morgan fingerprint density at radius 1 is 1.33 bits per heavy atom. The van der Waals surface area contributed by atoms with Gasteiger partial charge < -0.3 is 15.2 Å². The molecule has 0 saturated heterocycles. The molecule has 0 aliphatic rings. The smallest absolute Gasteiger partial charge is 0.160 e. The second kappa shape index (κ2) is 5.60. The van der Waals surface area contributed by atoms with Crippen LogP contribution in [0.2, 0.25) is 5.15 Å². The second-order valence-electron chi connectivity index (χ2n) is 3.71. The summed E-state index contributed by atoms with van der Waals surface area (Å²) >= 11 is 5.78. The minimum atomic E-state index is 0.121. The van der Waals surface area contributed by atoms with Gasteiger partial charge in [-0.15, -0.1) is 0 Å². The molecule has 2 rings (SSSR count). The van der Waals surface area contributed by atoms with Crippen LogP contribution >= 0.6 is 11.6 Å². The van der Waals surface area contributed by atoms with E-state index in [1.54, 1.807) is 18.2 Å².